The Morgan fingerprint density at radius 3 is 1.22 bits per heavy atom. The predicted molar refractivity (Wildman–Crippen MR) is 47.6 cm³/mol. The topological polar surface area (TPSA) is 18.5 Å². The van der Waals surface area contributed by atoms with Crippen molar-refractivity contribution < 1.29 is 79.7 Å². The minimum absolute atomic E-state index is 1.49. The predicted octanol–water partition coefficient (Wildman–Crippen LogP) is 6.18. The molecule has 0 amide bonds. The van der Waals surface area contributed by atoms with E-state index >= 15 is 0 Å². The van der Waals surface area contributed by atoms with Crippen molar-refractivity contribution in [3.8, 4) is 0 Å². The van der Waals surface area contributed by atoms with Gasteiger partial charge in [0.15, 0.2) is 0 Å². The molecule has 160 valence electrons. The van der Waals surface area contributed by atoms with Crippen LogP contribution in [-0.4, -0.2) is 30.2 Å². The third kappa shape index (κ3) is 4.70. The molecule has 0 saturated carbocycles. The Hall–Kier alpha value is -1.88. The molecule has 0 aromatic heterocycles. The molecule has 27 heavy (non-hydrogen) atoms. The van der Waals surface area contributed by atoms with Crippen LogP contribution in [0.2, 0.25) is 0 Å². The minimum Gasteiger partial charge on any atom is -0.397 e. The first-order valence-electron chi connectivity index (χ1n) is 5.34. The highest BCUT2D eigenvalue weighted by Gasteiger charge is 2.85. The van der Waals surface area contributed by atoms with Gasteiger partial charge in [-0.2, -0.15) is 70.2 Å². The van der Waals surface area contributed by atoms with E-state index in [2.05, 4.69) is 0 Å². The van der Waals surface area contributed by atoms with Crippen molar-refractivity contribution in [2.45, 2.75) is 30.2 Å². The summed E-state index contributed by atoms with van der Waals surface area (Å²) in [6, 6.07) is -3.95. The number of hydrogen-bond donors (Lipinski definition) is 0. The fourth-order valence-electron chi connectivity index (χ4n) is 0.961. The van der Waals surface area contributed by atoms with Crippen LogP contribution < -0.4 is 0 Å². The Morgan fingerprint density at radius 1 is 0.519 bits per heavy atom. The lowest BCUT2D eigenvalue weighted by Gasteiger charge is -2.35. The fraction of sp³-hybridized carbons (Fsp3) is 0.556. The Kier molecular flexibility index (Phi) is 6.76. The van der Waals surface area contributed by atoms with Crippen LogP contribution in [-0.2, 0) is 9.47 Å². The molecule has 0 heterocycles. The maximum Gasteiger partial charge on any atom is 0.473 e. The molecular weight excluding hydrogens is 444 g/mol. The van der Waals surface area contributed by atoms with Crippen LogP contribution in [0.5, 0.6) is 0 Å². The van der Waals surface area contributed by atoms with Crippen LogP contribution in [0.3, 0.4) is 0 Å². The monoisotopic (exact) mass is 444 g/mol. The fourth-order valence-corrected chi connectivity index (χ4v) is 0.961. The van der Waals surface area contributed by atoms with Gasteiger partial charge in [-0.3, -0.25) is 0 Å². The van der Waals surface area contributed by atoms with E-state index in [0.29, 0.717) is 0 Å². The van der Waals surface area contributed by atoms with Gasteiger partial charge in [-0.15, -0.1) is 0 Å². The molecule has 0 bridgehead atoms. The summed E-state index contributed by atoms with van der Waals surface area (Å²) in [5.41, 5.74) is 0. The molecule has 0 rings (SSSR count). The molecule has 2 nitrogen and oxygen atoms in total. The molecular formula is C9F16O2. The number of alkyl halides is 10. The minimum atomic E-state index is -7.88. The van der Waals surface area contributed by atoms with E-state index in [1.165, 1.54) is 4.74 Å². The van der Waals surface area contributed by atoms with Gasteiger partial charge in [0.1, 0.15) is 0 Å². The van der Waals surface area contributed by atoms with E-state index in [4.69, 9.17) is 0 Å². The molecule has 0 fully saturated rings. The summed E-state index contributed by atoms with van der Waals surface area (Å²) in [6.45, 7) is 0. The van der Waals surface area contributed by atoms with Crippen LogP contribution in [0.4, 0.5) is 70.2 Å². The molecule has 0 aromatic carbocycles. The highest BCUT2D eigenvalue weighted by atomic mass is 19.4. The second-order valence-electron chi connectivity index (χ2n) is 4.01. The van der Waals surface area contributed by atoms with Gasteiger partial charge >= 0.3 is 48.3 Å². The first-order valence-corrected chi connectivity index (χ1v) is 5.34. The molecule has 0 aliphatic heterocycles. The van der Waals surface area contributed by atoms with E-state index in [1.807, 2.05) is 0 Å². The summed E-state index contributed by atoms with van der Waals surface area (Å²) in [7, 11) is 0. The summed E-state index contributed by atoms with van der Waals surface area (Å²) in [6.07, 6.45) is -29.7. The van der Waals surface area contributed by atoms with Gasteiger partial charge < -0.3 is 4.74 Å². The van der Waals surface area contributed by atoms with Crippen LogP contribution in [0.1, 0.15) is 0 Å². The maximum atomic E-state index is 13.0. The van der Waals surface area contributed by atoms with E-state index in [1.54, 1.807) is 4.74 Å². The zero-order chi connectivity index (χ0) is 22.2. The van der Waals surface area contributed by atoms with E-state index in [9.17, 15) is 70.2 Å². The number of hydrogen-bond acceptors (Lipinski definition) is 2. The molecule has 0 aliphatic carbocycles. The first kappa shape index (κ1) is 25.1. The van der Waals surface area contributed by atoms with Crippen LogP contribution in [0.15, 0.2) is 24.0 Å². The van der Waals surface area contributed by atoms with E-state index < -0.39 is 54.2 Å². The summed E-state index contributed by atoms with van der Waals surface area (Å²) >= 11 is 0. The van der Waals surface area contributed by atoms with Crippen molar-refractivity contribution in [1.82, 2.24) is 0 Å². The van der Waals surface area contributed by atoms with Crippen molar-refractivity contribution in [2.75, 3.05) is 0 Å². The number of halogens is 16. The molecule has 0 radical (unpaired) electrons. The van der Waals surface area contributed by atoms with Crippen molar-refractivity contribution in [2.24, 2.45) is 0 Å². The van der Waals surface area contributed by atoms with Crippen molar-refractivity contribution >= 4 is 0 Å². The van der Waals surface area contributed by atoms with Gasteiger partial charge in [0.2, 0.25) is 0 Å². The Labute approximate surface area is 135 Å². The lowest BCUT2D eigenvalue weighted by atomic mass is 10.1. The average Bonchev–Trinajstić information content (AvgIpc) is 2.43. The molecule has 0 aromatic rings. The van der Waals surface area contributed by atoms with Crippen LogP contribution in [0.25, 0.3) is 0 Å². The molecule has 0 N–H and O–H groups in total. The summed E-state index contributed by atoms with van der Waals surface area (Å²) in [4.78, 5) is 0. The largest absolute Gasteiger partial charge is 0.473 e. The number of ether oxygens (including phenoxy) is 2. The van der Waals surface area contributed by atoms with Crippen molar-refractivity contribution in [3.05, 3.63) is 24.0 Å². The Morgan fingerprint density at radius 2 is 0.889 bits per heavy atom. The smallest absolute Gasteiger partial charge is 0.397 e. The molecule has 0 atom stereocenters. The van der Waals surface area contributed by atoms with Crippen molar-refractivity contribution in [3.63, 3.8) is 0 Å². The van der Waals surface area contributed by atoms with Gasteiger partial charge in [-0.1, -0.05) is 0 Å². The third-order valence-corrected chi connectivity index (χ3v) is 2.17. The molecule has 0 unspecified atom stereocenters. The third-order valence-electron chi connectivity index (χ3n) is 2.17. The molecule has 0 spiro atoms. The van der Waals surface area contributed by atoms with Crippen LogP contribution >= 0.6 is 0 Å². The Balaban J connectivity index is 6.06. The second-order valence-corrected chi connectivity index (χ2v) is 4.01. The standard InChI is InChI=1S/C9F16O2/c10-1(2(11)12)5(16,17)27-9(24,25)7(20,21)6(18,19)8(22,23)26-4(15)3(13)14. The highest BCUT2D eigenvalue weighted by molar-refractivity contribution is 5.03. The lowest BCUT2D eigenvalue weighted by molar-refractivity contribution is -0.487. The first-order chi connectivity index (χ1) is 11.6. The van der Waals surface area contributed by atoms with Gasteiger partial charge in [0.25, 0.3) is 5.83 Å². The van der Waals surface area contributed by atoms with Crippen molar-refractivity contribution in [1.29, 1.82) is 0 Å². The lowest BCUT2D eigenvalue weighted by Crippen LogP contribution is -2.64. The summed E-state index contributed by atoms with van der Waals surface area (Å²) < 4.78 is 201. The van der Waals surface area contributed by atoms with Crippen LogP contribution in [0, 0.1) is 0 Å². The quantitative estimate of drug-likeness (QED) is 0.329. The molecule has 0 aliphatic rings. The normalized spacial score (nSPS) is 14.1. The number of rotatable bonds is 8. The zero-order valence-electron chi connectivity index (χ0n) is 11.4. The van der Waals surface area contributed by atoms with Gasteiger partial charge in [0, 0.05) is 0 Å². The van der Waals surface area contributed by atoms with E-state index in [0.717, 1.165) is 0 Å². The van der Waals surface area contributed by atoms with Gasteiger partial charge in [-0.25, -0.2) is 4.74 Å². The van der Waals surface area contributed by atoms with Gasteiger partial charge in [-0.05, 0) is 0 Å². The molecule has 0 saturated heterocycles. The summed E-state index contributed by atoms with van der Waals surface area (Å²) in [5.74, 6) is -20.0. The SMILES string of the molecule is FC(F)=C(F)OC(F)(F)C(F)(F)C(F)(F)C(F)(F)OC(F)(F)C(F)=C(F)F. The zero-order valence-corrected chi connectivity index (χ0v) is 11.4. The average molecular weight is 444 g/mol. The second kappa shape index (κ2) is 7.27. The maximum absolute atomic E-state index is 13.0. The summed E-state index contributed by atoms with van der Waals surface area (Å²) in [5, 5.41) is 0. The highest BCUT2D eigenvalue weighted by Crippen LogP contribution is 2.55. The van der Waals surface area contributed by atoms with Gasteiger partial charge in [0.05, 0.1) is 0 Å². The Bertz CT molecular complexity index is 611. The molecule has 18 heteroatoms. The van der Waals surface area contributed by atoms with E-state index in [-0.39, 0.29) is 0 Å².